The number of hydrogen-bond acceptors (Lipinski definition) is 8. The average molecular weight is 352 g/mol. The number of nitrogens with two attached hydrogens (primary N) is 1. The molecule has 3 N–H and O–H groups in total. The van der Waals surface area contributed by atoms with Gasteiger partial charge in [0, 0.05) is 11.3 Å². The minimum Gasteiger partial charge on any atom is -0.493 e. The molecule has 1 aromatic carbocycles. The Bertz CT molecular complexity index is 1080. The van der Waals surface area contributed by atoms with E-state index in [2.05, 4.69) is 31.0 Å². The van der Waals surface area contributed by atoms with Crippen LogP contribution in [0, 0.1) is 0 Å². The Morgan fingerprint density at radius 2 is 2.16 bits per heavy atom. The van der Waals surface area contributed by atoms with Crippen LogP contribution < -0.4 is 10.5 Å². The second kappa shape index (κ2) is 5.49. The lowest BCUT2D eigenvalue weighted by Gasteiger charge is -2.08. The van der Waals surface area contributed by atoms with Crippen LogP contribution in [0.1, 0.15) is 5.56 Å². The number of nitrogens with one attached hydrogen (secondary N) is 1. The van der Waals surface area contributed by atoms with Crippen molar-refractivity contribution in [2.75, 3.05) is 12.3 Å². The van der Waals surface area contributed by atoms with Gasteiger partial charge in [-0.25, -0.2) is 19.9 Å². The maximum absolute atomic E-state index is 5.87. The molecule has 0 amide bonds. The third-order valence-electron chi connectivity index (χ3n) is 3.96. The largest absolute Gasteiger partial charge is 0.493 e. The Morgan fingerprint density at radius 3 is 3.00 bits per heavy atom. The van der Waals surface area contributed by atoms with Gasteiger partial charge in [0.2, 0.25) is 5.89 Å². The molecule has 0 fully saturated rings. The topological polar surface area (TPSA) is 116 Å². The standard InChI is InChI=1S/C16H12N6O2S/c17-13-12-14(20-7-19-13)22-16(21-12)25-11-6-10-8(1-3-23-10)5-9(11)15-18-2-4-24-15/h2,4-7H,1,3H2,(H3,17,19,20,21,22). The van der Waals surface area contributed by atoms with E-state index in [0.717, 1.165) is 28.2 Å². The number of imidazole rings is 1. The molecule has 5 rings (SSSR count). The first-order valence-electron chi connectivity index (χ1n) is 7.61. The van der Waals surface area contributed by atoms with E-state index in [4.69, 9.17) is 14.9 Å². The molecule has 124 valence electrons. The summed E-state index contributed by atoms with van der Waals surface area (Å²) < 4.78 is 11.2. The van der Waals surface area contributed by atoms with E-state index in [1.54, 1.807) is 12.5 Å². The van der Waals surface area contributed by atoms with Crippen molar-refractivity contribution in [3.63, 3.8) is 0 Å². The van der Waals surface area contributed by atoms with E-state index >= 15 is 0 Å². The predicted octanol–water partition coefficient (Wildman–Crippen LogP) is 2.68. The Balaban J connectivity index is 1.61. The van der Waals surface area contributed by atoms with Crippen LogP contribution in [0.3, 0.4) is 0 Å². The van der Waals surface area contributed by atoms with E-state index in [0.29, 0.717) is 34.6 Å². The Morgan fingerprint density at radius 1 is 1.20 bits per heavy atom. The van der Waals surface area contributed by atoms with Crippen molar-refractivity contribution in [2.24, 2.45) is 0 Å². The molecule has 0 spiro atoms. The SMILES string of the molecule is Nc1ncnc2nc(Sc3cc4c(cc3-c3ncco3)CCO4)[nH]c12. The minimum atomic E-state index is 0.370. The highest BCUT2D eigenvalue weighted by atomic mass is 32.2. The number of H-pyrrole nitrogens is 1. The van der Waals surface area contributed by atoms with Gasteiger partial charge in [-0.3, -0.25) is 0 Å². The molecule has 25 heavy (non-hydrogen) atoms. The van der Waals surface area contributed by atoms with E-state index < -0.39 is 0 Å². The summed E-state index contributed by atoms with van der Waals surface area (Å²) in [7, 11) is 0. The quantitative estimate of drug-likeness (QED) is 0.578. The van der Waals surface area contributed by atoms with Crippen molar-refractivity contribution in [1.82, 2.24) is 24.9 Å². The van der Waals surface area contributed by atoms with Crippen LogP contribution in [0.5, 0.6) is 5.75 Å². The first-order chi connectivity index (χ1) is 12.3. The van der Waals surface area contributed by atoms with Crippen LogP contribution >= 0.6 is 11.8 Å². The van der Waals surface area contributed by atoms with Gasteiger partial charge in [0.05, 0.1) is 18.4 Å². The van der Waals surface area contributed by atoms with Crippen molar-refractivity contribution in [3.8, 4) is 17.2 Å². The highest BCUT2D eigenvalue weighted by Gasteiger charge is 2.20. The maximum Gasteiger partial charge on any atom is 0.227 e. The molecule has 9 heteroatoms. The van der Waals surface area contributed by atoms with Crippen LogP contribution in [0.4, 0.5) is 5.82 Å². The fourth-order valence-electron chi connectivity index (χ4n) is 2.79. The summed E-state index contributed by atoms with van der Waals surface area (Å²) in [5, 5.41) is 0.660. The van der Waals surface area contributed by atoms with Gasteiger partial charge >= 0.3 is 0 Å². The number of fused-ring (bicyclic) bond motifs is 2. The molecule has 0 radical (unpaired) electrons. The molecule has 1 aliphatic heterocycles. The fraction of sp³-hybridized carbons (Fsp3) is 0.125. The third kappa shape index (κ3) is 2.40. The highest BCUT2D eigenvalue weighted by molar-refractivity contribution is 7.99. The van der Waals surface area contributed by atoms with Gasteiger partial charge in [0.1, 0.15) is 23.9 Å². The number of anilines is 1. The summed E-state index contributed by atoms with van der Waals surface area (Å²) in [6.45, 7) is 0.686. The summed E-state index contributed by atoms with van der Waals surface area (Å²) in [6.07, 6.45) is 5.47. The van der Waals surface area contributed by atoms with E-state index in [1.165, 1.54) is 18.1 Å². The van der Waals surface area contributed by atoms with E-state index in [9.17, 15) is 0 Å². The van der Waals surface area contributed by atoms with Gasteiger partial charge < -0.3 is 19.9 Å². The van der Waals surface area contributed by atoms with Gasteiger partial charge in [-0.2, -0.15) is 0 Å². The number of benzene rings is 1. The number of ether oxygens (including phenoxy) is 1. The normalized spacial score (nSPS) is 13.1. The molecule has 4 heterocycles. The number of oxazole rings is 1. The highest BCUT2D eigenvalue weighted by Crippen LogP contribution is 2.40. The van der Waals surface area contributed by atoms with Gasteiger partial charge in [-0.05, 0) is 17.7 Å². The molecule has 0 atom stereocenters. The van der Waals surface area contributed by atoms with Gasteiger partial charge in [-0.1, -0.05) is 11.8 Å². The van der Waals surface area contributed by atoms with Crippen molar-refractivity contribution >= 4 is 28.7 Å². The number of nitrogens with zero attached hydrogens (tertiary/aromatic N) is 4. The summed E-state index contributed by atoms with van der Waals surface area (Å²) in [4.78, 5) is 20.9. The summed E-state index contributed by atoms with van der Waals surface area (Å²) in [5.74, 6) is 1.82. The van der Waals surface area contributed by atoms with Crippen LogP contribution in [0.25, 0.3) is 22.6 Å². The maximum atomic E-state index is 5.87. The monoisotopic (exact) mass is 352 g/mol. The molecule has 0 saturated heterocycles. The number of nitrogen functional groups attached to an aromatic ring is 1. The van der Waals surface area contributed by atoms with Gasteiger partial charge in [0.25, 0.3) is 0 Å². The Hall–Kier alpha value is -3.07. The van der Waals surface area contributed by atoms with Crippen molar-refractivity contribution in [1.29, 1.82) is 0 Å². The summed E-state index contributed by atoms with van der Waals surface area (Å²) in [5.41, 5.74) is 9.08. The first-order valence-corrected chi connectivity index (χ1v) is 8.43. The molecule has 4 aromatic rings. The molecule has 0 bridgehead atoms. The van der Waals surface area contributed by atoms with Gasteiger partial charge in [-0.15, -0.1) is 0 Å². The molecule has 0 saturated carbocycles. The Labute approximate surface area is 145 Å². The minimum absolute atomic E-state index is 0.370. The predicted molar refractivity (Wildman–Crippen MR) is 91.4 cm³/mol. The lowest BCUT2D eigenvalue weighted by molar-refractivity contribution is 0.356. The van der Waals surface area contributed by atoms with Crippen LogP contribution in [0.2, 0.25) is 0 Å². The van der Waals surface area contributed by atoms with Crippen molar-refractivity contribution in [2.45, 2.75) is 16.5 Å². The zero-order valence-corrected chi connectivity index (χ0v) is 13.7. The zero-order valence-electron chi connectivity index (χ0n) is 12.9. The second-order valence-corrected chi connectivity index (χ2v) is 6.52. The van der Waals surface area contributed by atoms with Crippen LogP contribution in [-0.4, -0.2) is 31.5 Å². The molecule has 1 aliphatic rings. The first kappa shape index (κ1) is 14.3. The molecule has 8 nitrogen and oxygen atoms in total. The van der Waals surface area contributed by atoms with E-state index in [1.807, 2.05) is 6.07 Å². The molecule has 0 unspecified atom stereocenters. The molecular weight excluding hydrogens is 340 g/mol. The number of aromatic nitrogens is 5. The molecular formula is C16H12N6O2S. The fourth-order valence-corrected chi connectivity index (χ4v) is 3.71. The smallest absolute Gasteiger partial charge is 0.227 e. The summed E-state index contributed by atoms with van der Waals surface area (Å²) >= 11 is 1.44. The zero-order chi connectivity index (χ0) is 16.8. The van der Waals surface area contributed by atoms with Gasteiger partial charge in [0.15, 0.2) is 16.6 Å². The average Bonchev–Trinajstić information content (AvgIpc) is 3.34. The number of rotatable bonds is 3. The van der Waals surface area contributed by atoms with Crippen molar-refractivity contribution < 1.29 is 9.15 Å². The molecule has 0 aliphatic carbocycles. The third-order valence-corrected chi connectivity index (χ3v) is 4.90. The lowest BCUT2D eigenvalue weighted by Crippen LogP contribution is -1.91. The van der Waals surface area contributed by atoms with E-state index in [-0.39, 0.29) is 0 Å². The lowest BCUT2D eigenvalue weighted by atomic mass is 10.1. The van der Waals surface area contributed by atoms with Crippen molar-refractivity contribution in [3.05, 3.63) is 36.5 Å². The number of aromatic amines is 1. The van der Waals surface area contributed by atoms with Crippen LogP contribution in [-0.2, 0) is 6.42 Å². The second-order valence-electron chi connectivity index (χ2n) is 5.49. The summed E-state index contributed by atoms with van der Waals surface area (Å²) in [6, 6.07) is 4.06. The van der Waals surface area contributed by atoms with Crippen LogP contribution in [0.15, 0.2) is 45.4 Å². The number of hydrogen-bond donors (Lipinski definition) is 2. The Kier molecular flexibility index (Phi) is 3.14. The molecule has 3 aromatic heterocycles.